The van der Waals surface area contributed by atoms with Crippen LogP contribution in [0.25, 0.3) is 0 Å². The van der Waals surface area contributed by atoms with Crippen LogP contribution in [0.15, 0.2) is 60.8 Å². The Morgan fingerprint density at radius 3 is 2.28 bits per heavy atom. The first-order valence-electron chi connectivity index (χ1n) is 14.0. The van der Waals surface area contributed by atoms with Crippen LogP contribution in [0.1, 0.15) is 41.7 Å². The molecule has 12 heteroatoms. The number of carbonyl (C=O) groups is 3. The summed E-state index contributed by atoms with van der Waals surface area (Å²) in [5.41, 5.74) is 0.723. The van der Waals surface area contributed by atoms with Gasteiger partial charge in [0, 0.05) is 44.6 Å². The van der Waals surface area contributed by atoms with Gasteiger partial charge < -0.3 is 19.4 Å². The van der Waals surface area contributed by atoms with E-state index >= 15 is 0 Å². The first-order chi connectivity index (χ1) is 20.6. The highest BCUT2D eigenvalue weighted by Gasteiger charge is 2.43. The molecule has 0 spiro atoms. The van der Waals surface area contributed by atoms with Crippen molar-refractivity contribution in [2.24, 2.45) is 5.92 Å². The largest absolute Gasteiger partial charge is 0.415 e. The number of ether oxygens (including phenoxy) is 1. The van der Waals surface area contributed by atoms with Crippen LogP contribution in [0.2, 0.25) is 5.02 Å². The summed E-state index contributed by atoms with van der Waals surface area (Å²) in [4.78, 5) is 48.4. The minimum absolute atomic E-state index is 0.0357. The molecule has 0 N–H and O–H groups in total. The molecule has 0 aliphatic carbocycles. The van der Waals surface area contributed by atoms with E-state index in [2.05, 4.69) is 4.98 Å². The second-order valence-corrected chi connectivity index (χ2v) is 11.0. The van der Waals surface area contributed by atoms with Crippen LogP contribution in [0.4, 0.5) is 18.0 Å². The molecule has 0 saturated carbocycles. The molecule has 8 nitrogen and oxygen atoms in total. The van der Waals surface area contributed by atoms with Gasteiger partial charge in [-0.1, -0.05) is 17.7 Å². The number of benzene rings is 2. The summed E-state index contributed by atoms with van der Waals surface area (Å²) in [6, 6.07) is 11.5. The van der Waals surface area contributed by atoms with Gasteiger partial charge in [-0.2, -0.15) is 0 Å². The van der Waals surface area contributed by atoms with Crippen LogP contribution >= 0.6 is 11.6 Å². The third-order valence-corrected chi connectivity index (χ3v) is 8.35. The number of hydrogen-bond donors (Lipinski definition) is 0. The van der Waals surface area contributed by atoms with Crippen LogP contribution in [0.5, 0.6) is 5.75 Å². The van der Waals surface area contributed by atoms with Crippen LogP contribution in [-0.4, -0.2) is 76.4 Å². The highest BCUT2D eigenvalue weighted by atomic mass is 35.5. The first kappa shape index (κ1) is 30.3. The quantitative estimate of drug-likeness (QED) is 0.365. The molecule has 0 radical (unpaired) electrons. The van der Waals surface area contributed by atoms with Gasteiger partial charge in [0.05, 0.1) is 17.3 Å². The first-order valence-corrected chi connectivity index (χ1v) is 14.4. The molecule has 5 rings (SSSR count). The molecule has 2 saturated heterocycles. The Bertz CT molecular complexity index is 1480. The average Bonchev–Trinajstić information content (AvgIpc) is 3.45. The number of amides is 3. The highest BCUT2D eigenvalue weighted by Crippen LogP contribution is 2.35. The molecule has 0 bridgehead atoms. The number of hydrogen-bond acceptors (Lipinski definition) is 5. The van der Waals surface area contributed by atoms with E-state index in [-0.39, 0.29) is 53.8 Å². The third kappa shape index (κ3) is 6.77. The monoisotopic (exact) mass is 614 g/mol. The van der Waals surface area contributed by atoms with E-state index in [1.54, 1.807) is 22.8 Å². The fourth-order valence-electron chi connectivity index (χ4n) is 5.77. The fourth-order valence-corrected chi connectivity index (χ4v) is 5.88. The fraction of sp³-hybridized carbons (Fsp3) is 0.355. The minimum Gasteiger partial charge on any atom is -0.410 e. The maximum atomic E-state index is 14.5. The lowest BCUT2D eigenvalue weighted by atomic mass is 9.93. The van der Waals surface area contributed by atoms with Gasteiger partial charge in [0.15, 0.2) is 0 Å². The molecule has 2 fully saturated rings. The number of carbonyl (C=O) groups excluding carboxylic acids is 3. The van der Waals surface area contributed by atoms with Gasteiger partial charge in [0.2, 0.25) is 5.91 Å². The van der Waals surface area contributed by atoms with Crippen molar-refractivity contribution in [1.29, 1.82) is 0 Å². The van der Waals surface area contributed by atoms with Crippen LogP contribution in [0, 0.1) is 23.4 Å². The van der Waals surface area contributed by atoms with Gasteiger partial charge in [-0.05, 0) is 73.9 Å². The van der Waals surface area contributed by atoms with E-state index in [1.165, 1.54) is 53.4 Å². The molecule has 226 valence electrons. The number of rotatable bonds is 6. The number of likely N-dealkylation sites (tertiary alicyclic amines) is 2. The predicted molar refractivity (Wildman–Crippen MR) is 152 cm³/mol. The molecule has 0 unspecified atom stereocenters. The van der Waals surface area contributed by atoms with Crippen molar-refractivity contribution in [1.82, 2.24) is 19.7 Å². The molecule has 1 aromatic heterocycles. The number of nitrogens with zero attached hydrogens (tertiary/aromatic N) is 4. The van der Waals surface area contributed by atoms with E-state index in [0.29, 0.717) is 31.5 Å². The van der Waals surface area contributed by atoms with E-state index in [4.69, 9.17) is 16.3 Å². The standard InChI is InChI=1S/C31H30ClF3N4O4/c1-2-39(31(42)43-23-7-4-21(33)5-8-23)28-18-38(17-24(28)20-3-9-25(32)26(35)15-20)29(40)19-11-13-37(14-12-19)30(41)27-10-6-22(34)16-36-27/h3-10,15-16,19,24,28H,2,11-14,17-18H2,1H3/t24-,28+/m0/s1. The maximum Gasteiger partial charge on any atom is 0.415 e. The Morgan fingerprint density at radius 2 is 1.65 bits per heavy atom. The molecular weight excluding hydrogens is 585 g/mol. The summed E-state index contributed by atoms with van der Waals surface area (Å²) in [5.74, 6) is -2.66. The molecule has 2 aromatic carbocycles. The highest BCUT2D eigenvalue weighted by molar-refractivity contribution is 6.30. The van der Waals surface area contributed by atoms with Crippen molar-refractivity contribution < 1.29 is 32.3 Å². The van der Waals surface area contributed by atoms with Crippen molar-refractivity contribution in [2.45, 2.75) is 31.7 Å². The number of pyridine rings is 1. The van der Waals surface area contributed by atoms with Gasteiger partial charge in [-0.15, -0.1) is 0 Å². The summed E-state index contributed by atoms with van der Waals surface area (Å²) < 4.78 is 46.6. The lowest BCUT2D eigenvalue weighted by Gasteiger charge is -2.33. The van der Waals surface area contributed by atoms with Crippen LogP contribution in [-0.2, 0) is 4.79 Å². The zero-order valence-electron chi connectivity index (χ0n) is 23.4. The normalized spacial score (nSPS) is 18.9. The number of likely N-dealkylation sites (N-methyl/N-ethyl adjacent to an activating group) is 1. The van der Waals surface area contributed by atoms with E-state index < -0.39 is 35.5 Å². The van der Waals surface area contributed by atoms with Crippen LogP contribution < -0.4 is 4.74 Å². The number of halogens is 4. The molecule has 43 heavy (non-hydrogen) atoms. The van der Waals surface area contributed by atoms with Gasteiger partial charge in [-0.25, -0.2) is 22.9 Å². The Kier molecular flexibility index (Phi) is 9.19. The summed E-state index contributed by atoms with van der Waals surface area (Å²) in [6.07, 6.45) is 1.17. The van der Waals surface area contributed by atoms with Gasteiger partial charge >= 0.3 is 6.09 Å². The second kappa shape index (κ2) is 13.0. The van der Waals surface area contributed by atoms with Crippen molar-refractivity contribution in [2.75, 3.05) is 32.7 Å². The predicted octanol–water partition coefficient (Wildman–Crippen LogP) is 5.52. The van der Waals surface area contributed by atoms with Crippen molar-refractivity contribution in [3.05, 3.63) is 94.5 Å². The molecule has 3 amide bonds. The van der Waals surface area contributed by atoms with Crippen molar-refractivity contribution >= 4 is 29.5 Å². The van der Waals surface area contributed by atoms with Gasteiger partial charge in [0.1, 0.15) is 28.9 Å². The van der Waals surface area contributed by atoms with E-state index in [0.717, 1.165) is 6.20 Å². The smallest absolute Gasteiger partial charge is 0.410 e. The Balaban J connectivity index is 1.31. The molecule has 3 aromatic rings. The summed E-state index contributed by atoms with van der Waals surface area (Å²) in [7, 11) is 0. The molecule has 2 aliphatic heterocycles. The maximum absolute atomic E-state index is 14.5. The Morgan fingerprint density at radius 1 is 0.953 bits per heavy atom. The zero-order chi connectivity index (χ0) is 30.7. The summed E-state index contributed by atoms with van der Waals surface area (Å²) in [6.45, 7) is 3.13. The summed E-state index contributed by atoms with van der Waals surface area (Å²) >= 11 is 5.93. The molecular formula is C31H30ClF3N4O4. The summed E-state index contributed by atoms with van der Waals surface area (Å²) in [5, 5.41) is -0.0357. The Labute approximate surface area is 252 Å². The van der Waals surface area contributed by atoms with Crippen molar-refractivity contribution in [3.8, 4) is 5.75 Å². The SMILES string of the molecule is CCN(C(=O)Oc1ccc(F)cc1)[C@@H]1CN(C(=O)C2CCN(C(=O)c3ccc(F)cn3)CC2)C[C@H]1c1ccc(Cl)c(F)c1. The third-order valence-electron chi connectivity index (χ3n) is 8.04. The van der Waals surface area contributed by atoms with Crippen LogP contribution in [0.3, 0.4) is 0 Å². The number of aromatic nitrogens is 1. The molecule has 2 aliphatic rings. The van der Waals surface area contributed by atoms with E-state index in [1.807, 2.05) is 0 Å². The van der Waals surface area contributed by atoms with Gasteiger partial charge in [-0.3, -0.25) is 9.59 Å². The number of piperidine rings is 1. The topological polar surface area (TPSA) is 83.0 Å². The average molecular weight is 615 g/mol. The second-order valence-electron chi connectivity index (χ2n) is 10.6. The van der Waals surface area contributed by atoms with Gasteiger partial charge in [0.25, 0.3) is 5.91 Å². The lowest BCUT2D eigenvalue weighted by Crippen LogP contribution is -2.47. The Hall–Kier alpha value is -4.12. The lowest BCUT2D eigenvalue weighted by molar-refractivity contribution is -0.136. The minimum atomic E-state index is -0.672. The van der Waals surface area contributed by atoms with Crippen molar-refractivity contribution in [3.63, 3.8) is 0 Å². The zero-order valence-corrected chi connectivity index (χ0v) is 24.1. The molecule has 2 atom stereocenters. The molecule has 3 heterocycles. The van der Waals surface area contributed by atoms with E-state index in [9.17, 15) is 27.6 Å².